The van der Waals surface area contributed by atoms with Gasteiger partial charge < -0.3 is 31.2 Å². The Morgan fingerprint density at radius 1 is 1.00 bits per heavy atom. The van der Waals surface area contributed by atoms with E-state index in [1.807, 2.05) is 11.2 Å². The molecule has 2 saturated carbocycles. The van der Waals surface area contributed by atoms with Gasteiger partial charge in [0.1, 0.15) is 0 Å². The van der Waals surface area contributed by atoms with E-state index in [0.29, 0.717) is 24.1 Å². The first-order valence-electron chi connectivity index (χ1n) is 13.7. The first-order valence-corrected chi connectivity index (χ1v) is 13.7. The van der Waals surface area contributed by atoms with Gasteiger partial charge in [-0.25, -0.2) is 9.78 Å². The van der Waals surface area contributed by atoms with Gasteiger partial charge in [0.25, 0.3) is 0 Å². The average molecular weight is 484 g/mol. The molecule has 0 unspecified atom stereocenters. The highest BCUT2D eigenvalue weighted by molar-refractivity contribution is 5.84. The number of carbonyl (C=O) groups excluding carboxylic acids is 1. The summed E-state index contributed by atoms with van der Waals surface area (Å²) in [6, 6.07) is 1.43. The van der Waals surface area contributed by atoms with Crippen LogP contribution in [0.25, 0.3) is 11.2 Å². The average Bonchev–Trinajstić information content (AvgIpc) is 3.54. The fraction of sp³-hybridized carbons (Fsp3) is 0.760. The molecule has 2 aromatic heterocycles. The molecule has 3 aliphatic rings. The molecule has 2 aromatic rings. The van der Waals surface area contributed by atoms with Crippen molar-refractivity contribution in [1.82, 2.24) is 29.7 Å². The molecular weight excluding hydrogens is 442 g/mol. The molecule has 2 aliphatic carbocycles. The van der Waals surface area contributed by atoms with E-state index >= 15 is 0 Å². The highest BCUT2D eigenvalue weighted by atomic mass is 16.2. The van der Waals surface area contributed by atoms with E-state index in [4.69, 9.17) is 20.7 Å². The van der Waals surface area contributed by atoms with Crippen molar-refractivity contribution in [3.05, 3.63) is 6.33 Å². The molecular formula is C25H41N9O. The first-order chi connectivity index (χ1) is 17.1. The number of carbonyl (C=O) groups is 1. The third kappa shape index (κ3) is 5.63. The summed E-state index contributed by atoms with van der Waals surface area (Å²) in [5.74, 6) is 1.48. The van der Waals surface area contributed by atoms with Crippen LogP contribution in [0.5, 0.6) is 0 Å². The molecule has 10 nitrogen and oxygen atoms in total. The van der Waals surface area contributed by atoms with Crippen LogP contribution in [0.15, 0.2) is 6.33 Å². The quantitative estimate of drug-likeness (QED) is 0.474. The minimum absolute atomic E-state index is 0.0451. The monoisotopic (exact) mass is 483 g/mol. The first kappa shape index (κ1) is 24.1. The number of imidazole rings is 1. The Morgan fingerprint density at radius 3 is 2.43 bits per heavy atom. The lowest BCUT2D eigenvalue weighted by molar-refractivity contribution is 0.183. The maximum absolute atomic E-state index is 12.3. The van der Waals surface area contributed by atoms with Gasteiger partial charge in [0.05, 0.1) is 6.33 Å². The van der Waals surface area contributed by atoms with Crippen LogP contribution in [0.4, 0.5) is 16.6 Å². The Hall–Kier alpha value is -2.62. The minimum atomic E-state index is 0.0451. The molecule has 10 heteroatoms. The molecule has 0 radical (unpaired) electrons. The van der Waals surface area contributed by atoms with Gasteiger partial charge in [0, 0.05) is 43.8 Å². The van der Waals surface area contributed by atoms with Crippen LogP contribution < -0.4 is 21.7 Å². The second kappa shape index (κ2) is 11.0. The van der Waals surface area contributed by atoms with Gasteiger partial charge in [-0.15, -0.1) is 0 Å². The van der Waals surface area contributed by atoms with Crippen molar-refractivity contribution in [3.8, 4) is 0 Å². The molecule has 3 fully saturated rings. The highest BCUT2D eigenvalue weighted by Crippen LogP contribution is 2.33. The number of hydrogen-bond donors (Lipinski definition) is 4. The number of fused-ring (bicyclic) bond motifs is 1. The maximum atomic E-state index is 12.3. The summed E-state index contributed by atoms with van der Waals surface area (Å²) in [5.41, 5.74) is 7.87. The minimum Gasteiger partial charge on any atom is -0.365 e. The summed E-state index contributed by atoms with van der Waals surface area (Å²) in [4.78, 5) is 28.9. The van der Waals surface area contributed by atoms with E-state index in [0.717, 1.165) is 81.6 Å². The molecule has 0 spiro atoms. The van der Waals surface area contributed by atoms with Crippen molar-refractivity contribution < 1.29 is 4.79 Å². The largest absolute Gasteiger partial charge is 0.365 e. The number of piperidine rings is 1. The second-order valence-corrected chi connectivity index (χ2v) is 10.6. The lowest BCUT2D eigenvalue weighted by Gasteiger charge is -2.32. The predicted octanol–water partition coefficient (Wildman–Crippen LogP) is 3.62. The molecule has 5 N–H and O–H groups in total. The SMILES string of the molecule is CCCNC(=O)N1CCC(Nc2nc(N[C@H]3CC[C@H](N)CC3)nc3c2ncn3C2CCCC2)CC1. The van der Waals surface area contributed by atoms with Gasteiger partial charge in [-0.1, -0.05) is 19.8 Å². The number of nitrogens with zero attached hydrogens (tertiary/aromatic N) is 5. The summed E-state index contributed by atoms with van der Waals surface area (Å²) in [6.45, 7) is 4.28. The Morgan fingerprint density at radius 2 is 1.71 bits per heavy atom. The Kier molecular flexibility index (Phi) is 7.55. The van der Waals surface area contributed by atoms with Crippen molar-refractivity contribution in [3.63, 3.8) is 0 Å². The zero-order valence-corrected chi connectivity index (χ0v) is 21.0. The molecule has 192 valence electrons. The summed E-state index contributed by atoms with van der Waals surface area (Å²) in [6.07, 6.45) is 13.7. The predicted molar refractivity (Wildman–Crippen MR) is 139 cm³/mol. The van der Waals surface area contributed by atoms with E-state index in [9.17, 15) is 4.79 Å². The fourth-order valence-corrected chi connectivity index (χ4v) is 5.74. The fourth-order valence-electron chi connectivity index (χ4n) is 5.74. The molecule has 1 saturated heterocycles. The van der Waals surface area contributed by atoms with Gasteiger partial charge in [0.15, 0.2) is 17.0 Å². The van der Waals surface area contributed by atoms with Crippen molar-refractivity contribution in [2.75, 3.05) is 30.3 Å². The van der Waals surface area contributed by atoms with Crippen molar-refractivity contribution in [2.45, 2.75) is 102 Å². The van der Waals surface area contributed by atoms with E-state index in [2.05, 4.69) is 27.4 Å². The van der Waals surface area contributed by atoms with Crippen molar-refractivity contribution >= 4 is 29.0 Å². The van der Waals surface area contributed by atoms with E-state index in [1.54, 1.807) is 0 Å². The van der Waals surface area contributed by atoms with E-state index in [-0.39, 0.29) is 12.1 Å². The van der Waals surface area contributed by atoms with Gasteiger partial charge in [0.2, 0.25) is 5.95 Å². The number of nitrogens with one attached hydrogen (secondary N) is 3. The number of likely N-dealkylation sites (tertiary alicyclic amines) is 1. The molecule has 0 atom stereocenters. The number of rotatable bonds is 7. The van der Waals surface area contributed by atoms with Crippen LogP contribution in [0.2, 0.25) is 0 Å². The normalized spacial score (nSPS) is 24.1. The topological polar surface area (TPSA) is 126 Å². The van der Waals surface area contributed by atoms with Crippen LogP contribution in [-0.2, 0) is 0 Å². The number of aromatic nitrogens is 4. The summed E-state index contributed by atoms with van der Waals surface area (Å²) in [7, 11) is 0. The molecule has 3 heterocycles. The Balaban J connectivity index is 1.33. The lowest BCUT2D eigenvalue weighted by atomic mass is 9.92. The third-order valence-corrected chi connectivity index (χ3v) is 7.89. The Bertz CT molecular complexity index is 986. The zero-order valence-electron chi connectivity index (χ0n) is 21.0. The highest BCUT2D eigenvalue weighted by Gasteiger charge is 2.27. The molecule has 1 aliphatic heterocycles. The van der Waals surface area contributed by atoms with Gasteiger partial charge >= 0.3 is 6.03 Å². The second-order valence-electron chi connectivity index (χ2n) is 10.6. The molecule has 0 aromatic carbocycles. The molecule has 0 bridgehead atoms. The lowest BCUT2D eigenvalue weighted by Crippen LogP contribution is -2.47. The van der Waals surface area contributed by atoms with Crippen LogP contribution in [0.1, 0.15) is 83.6 Å². The zero-order chi connectivity index (χ0) is 24.2. The smallest absolute Gasteiger partial charge is 0.317 e. The van der Waals surface area contributed by atoms with Gasteiger partial charge in [-0.2, -0.15) is 9.97 Å². The molecule has 5 rings (SSSR count). The summed E-state index contributed by atoms with van der Waals surface area (Å²) in [5, 5.41) is 10.3. The maximum Gasteiger partial charge on any atom is 0.317 e. The number of anilines is 2. The molecule has 35 heavy (non-hydrogen) atoms. The van der Waals surface area contributed by atoms with Gasteiger partial charge in [-0.05, 0) is 57.8 Å². The number of urea groups is 1. The summed E-state index contributed by atoms with van der Waals surface area (Å²) >= 11 is 0. The standard InChI is InChI=1S/C25H41N9O/c1-2-13-27-25(35)33-14-11-19(12-15-33)29-22-21-23(34(16-28-21)20-5-3-4-6-20)32-24(31-22)30-18-9-7-17(26)8-10-18/h16-20H,2-15,26H2,1H3,(H,27,35)(H2,29,30,31,32)/t17-,18-. The van der Waals surface area contributed by atoms with Crippen LogP contribution in [-0.4, -0.2) is 68.2 Å². The van der Waals surface area contributed by atoms with Crippen LogP contribution in [0, 0.1) is 0 Å². The Labute approximate surface area is 207 Å². The number of amides is 2. The molecule has 2 amide bonds. The van der Waals surface area contributed by atoms with Crippen LogP contribution >= 0.6 is 0 Å². The van der Waals surface area contributed by atoms with Gasteiger partial charge in [-0.3, -0.25) is 0 Å². The van der Waals surface area contributed by atoms with Crippen LogP contribution in [0.3, 0.4) is 0 Å². The van der Waals surface area contributed by atoms with Crippen molar-refractivity contribution in [1.29, 1.82) is 0 Å². The van der Waals surface area contributed by atoms with Crippen molar-refractivity contribution in [2.24, 2.45) is 5.73 Å². The van der Waals surface area contributed by atoms with E-state index < -0.39 is 0 Å². The number of nitrogens with two attached hydrogens (primary N) is 1. The summed E-state index contributed by atoms with van der Waals surface area (Å²) < 4.78 is 2.26. The third-order valence-electron chi connectivity index (χ3n) is 7.89. The van der Waals surface area contributed by atoms with E-state index in [1.165, 1.54) is 25.7 Å². The number of hydrogen-bond acceptors (Lipinski definition) is 7.